The van der Waals surface area contributed by atoms with E-state index in [1.165, 1.54) is 10.6 Å². The molecule has 1 aliphatic heterocycles. The summed E-state index contributed by atoms with van der Waals surface area (Å²) in [6.07, 6.45) is 0. The molecule has 2 heterocycles. The molecular weight excluding hydrogens is 300 g/mol. The quantitative estimate of drug-likeness (QED) is 0.923. The standard InChI is InChI=1S/C16H18N2OS2/c1-11(2)17-16(19)14-7-8-15(21-14)18-9-10-20-13-6-4-3-5-12(13)18/h3-8,11H,9-10H2,1-2H3,(H,17,19). The number of rotatable bonds is 3. The summed E-state index contributed by atoms with van der Waals surface area (Å²) >= 11 is 3.45. The van der Waals surface area contributed by atoms with Crippen molar-refractivity contribution in [1.82, 2.24) is 5.32 Å². The molecule has 110 valence electrons. The predicted octanol–water partition coefficient (Wildman–Crippen LogP) is 4.13. The number of carbonyl (C=O) groups excluding carboxylic acids is 1. The molecule has 0 atom stereocenters. The van der Waals surface area contributed by atoms with Gasteiger partial charge in [-0.05, 0) is 38.1 Å². The first-order valence-corrected chi connectivity index (χ1v) is 8.85. The number of benzene rings is 1. The highest BCUT2D eigenvalue weighted by Gasteiger charge is 2.20. The molecule has 0 aliphatic carbocycles. The highest BCUT2D eigenvalue weighted by atomic mass is 32.2. The Kier molecular flexibility index (Phi) is 4.22. The maximum atomic E-state index is 12.1. The van der Waals surface area contributed by atoms with Crippen LogP contribution in [0.15, 0.2) is 41.3 Å². The maximum absolute atomic E-state index is 12.1. The molecule has 1 aromatic carbocycles. The SMILES string of the molecule is CC(C)NC(=O)c1ccc(N2CCSc3ccccc32)s1. The normalized spacial score (nSPS) is 14.1. The Labute approximate surface area is 133 Å². The second-order valence-corrected chi connectivity index (χ2v) is 7.43. The van der Waals surface area contributed by atoms with Crippen molar-refractivity contribution in [3.8, 4) is 0 Å². The highest BCUT2D eigenvalue weighted by molar-refractivity contribution is 7.99. The molecule has 0 saturated carbocycles. The van der Waals surface area contributed by atoms with Gasteiger partial charge in [-0.1, -0.05) is 12.1 Å². The Balaban J connectivity index is 1.86. The average Bonchev–Trinajstić information content (AvgIpc) is 2.95. The molecule has 3 nitrogen and oxygen atoms in total. The van der Waals surface area contributed by atoms with Crippen LogP contribution in [-0.4, -0.2) is 24.2 Å². The smallest absolute Gasteiger partial charge is 0.261 e. The third kappa shape index (κ3) is 3.09. The summed E-state index contributed by atoms with van der Waals surface area (Å²) in [5, 5.41) is 4.08. The molecule has 21 heavy (non-hydrogen) atoms. The highest BCUT2D eigenvalue weighted by Crippen LogP contribution is 2.41. The molecule has 1 aliphatic rings. The molecular formula is C16H18N2OS2. The number of thiophene rings is 1. The van der Waals surface area contributed by atoms with Crippen LogP contribution in [-0.2, 0) is 0 Å². The number of nitrogens with zero attached hydrogens (tertiary/aromatic N) is 1. The van der Waals surface area contributed by atoms with Crippen molar-refractivity contribution in [3.05, 3.63) is 41.3 Å². The van der Waals surface area contributed by atoms with Crippen LogP contribution in [0.3, 0.4) is 0 Å². The molecule has 1 N–H and O–H groups in total. The van der Waals surface area contributed by atoms with Crippen molar-refractivity contribution >= 4 is 39.7 Å². The van der Waals surface area contributed by atoms with Crippen LogP contribution in [0.5, 0.6) is 0 Å². The Morgan fingerprint density at radius 2 is 2.05 bits per heavy atom. The van der Waals surface area contributed by atoms with Gasteiger partial charge in [0, 0.05) is 23.2 Å². The lowest BCUT2D eigenvalue weighted by atomic mass is 10.3. The number of fused-ring (bicyclic) bond motifs is 1. The van der Waals surface area contributed by atoms with Crippen molar-refractivity contribution in [2.45, 2.75) is 24.8 Å². The van der Waals surface area contributed by atoms with E-state index in [1.807, 2.05) is 37.7 Å². The molecule has 0 radical (unpaired) electrons. The predicted molar refractivity (Wildman–Crippen MR) is 91.1 cm³/mol. The zero-order chi connectivity index (χ0) is 14.8. The van der Waals surface area contributed by atoms with Crippen LogP contribution in [0.1, 0.15) is 23.5 Å². The summed E-state index contributed by atoms with van der Waals surface area (Å²) in [5.74, 6) is 1.09. The van der Waals surface area contributed by atoms with Gasteiger partial charge in [-0.3, -0.25) is 4.79 Å². The monoisotopic (exact) mass is 318 g/mol. The fourth-order valence-electron chi connectivity index (χ4n) is 2.33. The van der Waals surface area contributed by atoms with Gasteiger partial charge in [-0.25, -0.2) is 0 Å². The van der Waals surface area contributed by atoms with E-state index < -0.39 is 0 Å². The second kappa shape index (κ2) is 6.12. The molecule has 2 aromatic rings. The minimum Gasteiger partial charge on any atom is -0.349 e. The van der Waals surface area contributed by atoms with Gasteiger partial charge in [0.15, 0.2) is 0 Å². The van der Waals surface area contributed by atoms with Gasteiger partial charge in [0.25, 0.3) is 5.91 Å². The zero-order valence-electron chi connectivity index (χ0n) is 12.1. The third-order valence-corrected chi connectivity index (χ3v) is 5.38. The lowest BCUT2D eigenvalue weighted by molar-refractivity contribution is 0.0947. The van der Waals surface area contributed by atoms with Crippen molar-refractivity contribution in [2.24, 2.45) is 0 Å². The number of anilines is 2. The van der Waals surface area contributed by atoms with Crippen LogP contribution in [0, 0.1) is 0 Å². The molecule has 0 bridgehead atoms. The first-order chi connectivity index (χ1) is 10.1. The van der Waals surface area contributed by atoms with Gasteiger partial charge in [0.1, 0.15) is 0 Å². The maximum Gasteiger partial charge on any atom is 0.261 e. The summed E-state index contributed by atoms with van der Waals surface area (Å²) in [4.78, 5) is 16.5. The molecule has 0 spiro atoms. The summed E-state index contributed by atoms with van der Waals surface area (Å²) in [6, 6.07) is 12.6. The van der Waals surface area contributed by atoms with Gasteiger partial charge < -0.3 is 10.2 Å². The van der Waals surface area contributed by atoms with E-state index in [4.69, 9.17) is 0 Å². The Bertz CT molecular complexity index is 651. The molecule has 3 rings (SSSR count). The lowest BCUT2D eigenvalue weighted by Gasteiger charge is -2.29. The first-order valence-electron chi connectivity index (χ1n) is 7.05. The molecule has 1 amide bonds. The summed E-state index contributed by atoms with van der Waals surface area (Å²) in [7, 11) is 0. The fourth-order valence-corrected chi connectivity index (χ4v) is 4.27. The van der Waals surface area contributed by atoms with Gasteiger partial charge in [0.2, 0.25) is 0 Å². The first kappa shape index (κ1) is 14.5. The van der Waals surface area contributed by atoms with Gasteiger partial charge >= 0.3 is 0 Å². The van der Waals surface area contributed by atoms with Crippen molar-refractivity contribution in [3.63, 3.8) is 0 Å². The van der Waals surface area contributed by atoms with Crippen LogP contribution in [0.4, 0.5) is 10.7 Å². The van der Waals surface area contributed by atoms with Crippen molar-refractivity contribution < 1.29 is 4.79 Å². The summed E-state index contributed by atoms with van der Waals surface area (Å²) in [5.41, 5.74) is 1.24. The van der Waals surface area contributed by atoms with E-state index in [1.54, 1.807) is 11.3 Å². The average molecular weight is 318 g/mol. The number of amides is 1. The third-order valence-electron chi connectivity index (χ3n) is 3.23. The van der Waals surface area contributed by atoms with E-state index in [0.29, 0.717) is 0 Å². The Morgan fingerprint density at radius 3 is 2.86 bits per heavy atom. The number of thioether (sulfide) groups is 1. The van der Waals surface area contributed by atoms with Crippen LogP contribution in [0.25, 0.3) is 0 Å². The number of hydrogen-bond donors (Lipinski definition) is 1. The van der Waals surface area contributed by atoms with Crippen LogP contribution in [0.2, 0.25) is 0 Å². The van der Waals surface area contributed by atoms with E-state index in [-0.39, 0.29) is 11.9 Å². The van der Waals surface area contributed by atoms with Gasteiger partial charge in [0.05, 0.1) is 15.6 Å². The minimum atomic E-state index is 0.0147. The van der Waals surface area contributed by atoms with E-state index in [9.17, 15) is 4.79 Å². The molecule has 0 saturated heterocycles. The number of carbonyl (C=O) groups is 1. The minimum absolute atomic E-state index is 0.0147. The second-order valence-electron chi connectivity index (χ2n) is 5.23. The summed E-state index contributed by atoms with van der Waals surface area (Å²) < 4.78 is 0. The zero-order valence-corrected chi connectivity index (χ0v) is 13.8. The Morgan fingerprint density at radius 1 is 1.24 bits per heavy atom. The molecule has 1 aromatic heterocycles. The lowest BCUT2D eigenvalue weighted by Crippen LogP contribution is -2.29. The van der Waals surface area contributed by atoms with E-state index in [0.717, 1.165) is 22.2 Å². The van der Waals surface area contributed by atoms with Crippen molar-refractivity contribution in [1.29, 1.82) is 0 Å². The number of hydrogen-bond acceptors (Lipinski definition) is 4. The molecule has 0 fully saturated rings. The fraction of sp³-hybridized carbons (Fsp3) is 0.312. The number of nitrogens with one attached hydrogen (secondary N) is 1. The van der Waals surface area contributed by atoms with Crippen LogP contribution < -0.4 is 10.2 Å². The Hall–Kier alpha value is -1.46. The topological polar surface area (TPSA) is 32.3 Å². The molecule has 5 heteroatoms. The van der Waals surface area contributed by atoms with Gasteiger partial charge in [-0.2, -0.15) is 0 Å². The molecule has 0 unspecified atom stereocenters. The van der Waals surface area contributed by atoms with Crippen molar-refractivity contribution in [2.75, 3.05) is 17.2 Å². The van der Waals surface area contributed by atoms with Crippen LogP contribution >= 0.6 is 23.1 Å². The number of para-hydroxylation sites is 1. The summed E-state index contributed by atoms with van der Waals surface area (Å²) in [6.45, 7) is 4.93. The van der Waals surface area contributed by atoms with E-state index >= 15 is 0 Å². The van der Waals surface area contributed by atoms with E-state index in [2.05, 4.69) is 34.5 Å². The van der Waals surface area contributed by atoms with Gasteiger partial charge in [-0.15, -0.1) is 23.1 Å². The largest absolute Gasteiger partial charge is 0.349 e.